The Hall–Kier alpha value is -1.03. The molecule has 1 aliphatic heterocycles. The lowest BCUT2D eigenvalue weighted by atomic mass is 9.83. The Labute approximate surface area is 109 Å². The molecule has 2 fully saturated rings. The number of nitrogens with one attached hydrogen (secondary N) is 1. The molecule has 2 heterocycles. The molecule has 1 aromatic rings. The molecule has 1 saturated carbocycles. The van der Waals surface area contributed by atoms with Crippen LogP contribution in [0.25, 0.3) is 0 Å². The molecule has 1 spiro atoms. The van der Waals surface area contributed by atoms with Crippen molar-refractivity contribution in [3.8, 4) is 0 Å². The van der Waals surface area contributed by atoms with E-state index in [1.807, 2.05) is 24.1 Å². The van der Waals surface area contributed by atoms with Crippen LogP contribution in [0.15, 0.2) is 12.4 Å². The Balaban J connectivity index is 1.50. The molecule has 0 radical (unpaired) electrons. The Kier molecular flexibility index (Phi) is 3.29. The number of aryl methyl sites for hydroxylation is 1. The van der Waals surface area contributed by atoms with Gasteiger partial charge >= 0.3 is 0 Å². The molecule has 18 heavy (non-hydrogen) atoms. The average Bonchev–Trinajstić information content (AvgIpc) is 2.96. The van der Waals surface area contributed by atoms with Crippen LogP contribution in [0.4, 0.5) is 5.69 Å². The van der Waals surface area contributed by atoms with Crippen molar-refractivity contribution in [3.63, 3.8) is 0 Å². The maximum Gasteiger partial charge on any atom is 0.0756 e. The molecule has 1 atom stereocenters. The predicted octanol–water partition coefficient (Wildman–Crippen LogP) is 2.71. The van der Waals surface area contributed by atoms with Crippen LogP contribution in [0.5, 0.6) is 0 Å². The standard InChI is InChI=1S/C14H23N3O/c1-17-11-12(9-16-17)15-10-13-5-8-14(18-13)6-3-2-4-7-14/h9,11,13,15H,2-8,10H2,1H3. The molecule has 0 amide bonds. The van der Waals surface area contributed by atoms with Gasteiger partial charge in [0.2, 0.25) is 0 Å². The van der Waals surface area contributed by atoms with Crippen LogP contribution in [-0.2, 0) is 11.8 Å². The number of ether oxygens (including phenoxy) is 1. The summed E-state index contributed by atoms with van der Waals surface area (Å²) in [6, 6.07) is 0. The second-order valence-electron chi connectivity index (χ2n) is 5.81. The lowest BCUT2D eigenvalue weighted by molar-refractivity contribution is -0.0588. The maximum atomic E-state index is 6.33. The number of nitrogens with zero attached hydrogens (tertiary/aromatic N) is 2. The number of anilines is 1. The highest BCUT2D eigenvalue weighted by Crippen LogP contribution is 2.41. The molecule has 1 saturated heterocycles. The van der Waals surface area contributed by atoms with Crippen molar-refractivity contribution in [1.82, 2.24) is 9.78 Å². The summed E-state index contributed by atoms with van der Waals surface area (Å²) in [6.07, 6.45) is 13.3. The number of rotatable bonds is 3. The van der Waals surface area contributed by atoms with Crippen LogP contribution >= 0.6 is 0 Å². The van der Waals surface area contributed by atoms with Gasteiger partial charge in [0.15, 0.2) is 0 Å². The quantitative estimate of drug-likeness (QED) is 0.895. The van der Waals surface area contributed by atoms with Crippen LogP contribution in [0, 0.1) is 0 Å². The first kappa shape index (κ1) is 12.0. The van der Waals surface area contributed by atoms with Gasteiger partial charge in [-0.2, -0.15) is 5.10 Å². The van der Waals surface area contributed by atoms with Crippen molar-refractivity contribution < 1.29 is 4.74 Å². The largest absolute Gasteiger partial charge is 0.380 e. The molecule has 2 aliphatic rings. The van der Waals surface area contributed by atoms with Gasteiger partial charge < -0.3 is 10.1 Å². The van der Waals surface area contributed by atoms with Crippen LogP contribution in [0.3, 0.4) is 0 Å². The summed E-state index contributed by atoms with van der Waals surface area (Å²) in [5, 5.41) is 7.58. The summed E-state index contributed by atoms with van der Waals surface area (Å²) in [4.78, 5) is 0. The van der Waals surface area contributed by atoms with Gasteiger partial charge in [0, 0.05) is 19.8 Å². The summed E-state index contributed by atoms with van der Waals surface area (Å²) >= 11 is 0. The molecule has 0 bridgehead atoms. The van der Waals surface area contributed by atoms with Gasteiger partial charge in [0.05, 0.1) is 23.6 Å². The zero-order valence-electron chi connectivity index (χ0n) is 11.2. The molecule has 4 nitrogen and oxygen atoms in total. The molecular formula is C14H23N3O. The Morgan fingerprint density at radius 1 is 1.39 bits per heavy atom. The number of hydrogen-bond donors (Lipinski definition) is 1. The summed E-state index contributed by atoms with van der Waals surface area (Å²) in [5.74, 6) is 0. The third-order valence-corrected chi connectivity index (χ3v) is 4.34. The van der Waals surface area contributed by atoms with E-state index in [0.29, 0.717) is 6.10 Å². The van der Waals surface area contributed by atoms with E-state index in [-0.39, 0.29) is 5.60 Å². The molecule has 1 aromatic heterocycles. The molecule has 1 unspecified atom stereocenters. The van der Waals surface area contributed by atoms with E-state index in [1.54, 1.807) is 0 Å². The summed E-state index contributed by atoms with van der Waals surface area (Å²) < 4.78 is 8.15. The van der Waals surface area contributed by atoms with Crippen molar-refractivity contribution in [2.45, 2.75) is 56.7 Å². The van der Waals surface area contributed by atoms with Gasteiger partial charge in [-0.15, -0.1) is 0 Å². The molecular weight excluding hydrogens is 226 g/mol. The summed E-state index contributed by atoms with van der Waals surface area (Å²) in [5.41, 5.74) is 1.32. The third-order valence-electron chi connectivity index (χ3n) is 4.34. The first-order valence-corrected chi connectivity index (χ1v) is 7.16. The molecule has 1 N–H and O–H groups in total. The average molecular weight is 249 g/mol. The third kappa shape index (κ3) is 2.53. The van der Waals surface area contributed by atoms with Crippen LogP contribution in [0.2, 0.25) is 0 Å². The van der Waals surface area contributed by atoms with Crippen LogP contribution in [-0.4, -0.2) is 28.0 Å². The van der Waals surface area contributed by atoms with E-state index >= 15 is 0 Å². The summed E-state index contributed by atoms with van der Waals surface area (Å²) in [7, 11) is 1.94. The minimum absolute atomic E-state index is 0.236. The topological polar surface area (TPSA) is 39.1 Å². The SMILES string of the molecule is Cn1cc(NCC2CCC3(CCCCC3)O2)cn1. The van der Waals surface area contributed by atoms with Crippen LogP contribution in [0.1, 0.15) is 44.9 Å². The van der Waals surface area contributed by atoms with Crippen LogP contribution < -0.4 is 5.32 Å². The fourth-order valence-electron chi connectivity index (χ4n) is 3.35. The lowest BCUT2D eigenvalue weighted by Gasteiger charge is -2.33. The normalized spacial score (nSPS) is 26.6. The van der Waals surface area contributed by atoms with E-state index in [4.69, 9.17) is 4.74 Å². The minimum Gasteiger partial charge on any atom is -0.380 e. The van der Waals surface area contributed by atoms with Gasteiger partial charge in [0.25, 0.3) is 0 Å². The second-order valence-corrected chi connectivity index (χ2v) is 5.81. The molecule has 4 heteroatoms. The van der Waals surface area contributed by atoms with Gasteiger partial charge in [0.1, 0.15) is 0 Å². The molecule has 3 rings (SSSR count). The Morgan fingerprint density at radius 2 is 2.22 bits per heavy atom. The van der Waals surface area contributed by atoms with E-state index in [0.717, 1.165) is 12.2 Å². The molecule has 0 aromatic carbocycles. The Bertz CT molecular complexity index is 395. The van der Waals surface area contributed by atoms with Crippen molar-refractivity contribution in [1.29, 1.82) is 0 Å². The van der Waals surface area contributed by atoms with Crippen molar-refractivity contribution >= 4 is 5.69 Å². The van der Waals surface area contributed by atoms with Crippen molar-refractivity contribution in [2.24, 2.45) is 7.05 Å². The van der Waals surface area contributed by atoms with E-state index in [1.165, 1.54) is 44.9 Å². The Morgan fingerprint density at radius 3 is 2.94 bits per heavy atom. The van der Waals surface area contributed by atoms with Gasteiger partial charge in [-0.3, -0.25) is 4.68 Å². The van der Waals surface area contributed by atoms with E-state index in [2.05, 4.69) is 10.4 Å². The molecule has 100 valence electrons. The number of aromatic nitrogens is 2. The highest BCUT2D eigenvalue weighted by atomic mass is 16.5. The van der Waals surface area contributed by atoms with Gasteiger partial charge in [-0.1, -0.05) is 19.3 Å². The lowest BCUT2D eigenvalue weighted by Crippen LogP contribution is -2.33. The highest BCUT2D eigenvalue weighted by molar-refractivity contribution is 5.38. The first-order chi connectivity index (χ1) is 8.76. The summed E-state index contributed by atoms with van der Waals surface area (Å²) in [6.45, 7) is 0.910. The van der Waals surface area contributed by atoms with Crippen molar-refractivity contribution in [2.75, 3.05) is 11.9 Å². The van der Waals surface area contributed by atoms with E-state index < -0.39 is 0 Å². The predicted molar refractivity (Wildman–Crippen MR) is 71.6 cm³/mol. The van der Waals surface area contributed by atoms with E-state index in [9.17, 15) is 0 Å². The van der Waals surface area contributed by atoms with Crippen molar-refractivity contribution in [3.05, 3.63) is 12.4 Å². The zero-order chi connectivity index (χ0) is 12.4. The first-order valence-electron chi connectivity index (χ1n) is 7.16. The molecule has 1 aliphatic carbocycles. The fraction of sp³-hybridized carbons (Fsp3) is 0.786. The second kappa shape index (κ2) is 4.92. The van der Waals surface area contributed by atoms with Gasteiger partial charge in [-0.25, -0.2) is 0 Å². The number of hydrogen-bond acceptors (Lipinski definition) is 3. The monoisotopic (exact) mass is 249 g/mol. The zero-order valence-corrected chi connectivity index (χ0v) is 11.2. The highest BCUT2D eigenvalue weighted by Gasteiger charge is 2.40. The smallest absolute Gasteiger partial charge is 0.0756 e. The minimum atomic E-state index is 0.236. The maximum absolute atomic E-state index is 6.33. The fourth-order valence-corrected chi connectivity index (χ4v) is 3.35. The van der Waals surface area contributed by atoms with Gasteiger partial charge in [-0.05, 0) is 25.7 Å².